The highest BCUT2D eigenvalue weighted by Crippen LogP contribution is 2.39. The standard InChI is InChI=1S/C60H43B3N2/c61-57-55(58(62)59(63)60-56(57)50-21-10-11-22-52(50)65(60)48-20-12-19-44(35-48)40-17-8-3-9-18-40)46-30-34-53-51(36-46)49-33-29-45(43-25-23-41(24-26-43)38-13-4-1-5-14-38)37-54(49)64(53)47-31-27-42(28-32-47)39-15-6-2-7-16-39/h1-37H,61-63H2. The summed E-state index contributed by atoms with van der Waals surface area (Å²) >= 11 is 0. The average molecular weight is 824 g/mol. The highest BCUT2D eigenvalue weighted by Gasteiger charge is 2.23. The molecule has 5 heteroatoms. The van der Waals surface area contributed by atoms with E-state index in [0.717, 1.165) is 5.69 Å². The minimum absolute atomic E-state index is 1.14. The molecule has 12 rings (SSSR count). The molecule has 0 aliphatic carbocycles. The van der Waals surface area contributed by atoms with E-state index in [2.05, 4.69) is 257 Å². The molecule has 0 amide bonds. The molecule has 0 atom stereocenters. The summed E-state index contributed by atoms with van der Waals surface area (Å²) < 4.78 is 4.94. The molecule has 10 aromatic carbocycles. The van der Waals surface area contributed by atoms with Crippen LogP contribution in [-0.4, -0.2) is 32.7 Å². The predicted octanol–water partition coefficient (Wildman–Crippen LogP) is 11.0. The summed E-state index contributed by atoms with van der Waals surface area (Å²) in [6.07, 6.45) is 0. The molecule has 0 aliphatic rings. The maximum Gasteiger partial charge on any atom is 0.141 e. The van der Waals surface area contributed by atoms with Gasteiger partial charge in [0, 0.05) is 38.4 Å². The SMILES string of the molecule is Bc1c(-c2ccc3c(c2)c2ccc(-c4ccc(-c5ccccc5)cc4)cc2n3-c2ccc(-c3ccccc3)cc2)c(B)c2c3ccccc3n(-c3cccc(-c4ccccc4)c3)c2c1B. The Balaban J connectivity index is 1.04. The number of hydrogen-bond acceptors (Lipinski definition) is 0. The van der Waals surface area contributed by atoms with Gasteiger partial charge < -0.3 is 9.13 Å². The van der Waals surface area contributed by atoms with Crippen LogP contribution in [0.4, 0.5) is 0 Å². The summed E-state index contributed by atoms with van der Waals surface area (Å²) in [5, 5.41) is 5.07. The van der Waals surface area contributed by atoms with E-state index in [9.17, 15) is 0 Å². The molecule has 2 aromatic heterocycles. The van der Waals surface area contributed by atoms with Crippen molar-refractivity contribution in [3.05, 3.63) is 224 Å². The van der Waals surface area contributed by atoms with Gasteiger partial charge in [-0.2, -0.15) is 0 Å². The Kier molecular flexibility index (Phi) is 9.31. The molecule has 0 N–H and O–H groups in total. The smallest absolute Gasteiger partial charge is 0.141 e. The van der Waals surface area contributed by atoms with Gasteiger partial charge in [-0.3, -0.25) is 0 Å². The van der Waals surface area contributed by atoms with Crippen molar-refractivity contribution in [1.82, 2.24) is 9.13 Å². The molecular formula is C60H43B3N2. The first kappa shape index (κ1) is 38.7. The second-order valence-electron chi connectivity index (χ2n) is 17.4. The second kappa shape index (κ2) is 15.7. The number of benzene rings is 10. The minimum atomic E-state index is 1.14. The lowest BCUT2D eigenvalue weighted by Gasteiger charge is -2.19. The fourth-order valence-corrected chi connectivity index (χ4v) is 10.5. The van der Waals surface area contributed by atoms with Crippen molar-refractivity contribution < 1.29 is 0 Å². The van der Waals surface area contributed by atoms with Gasteiger partial charge in [0.05, 0.1) is 16.6 Å². The lowest BCUT2D eigenvalue weighted by molar-refractivity contribution is 1.18. The molecular weight excluding hydrogens is 781 g/mol. The van der Waals surface area contributed by atoms with E-state index in [4.69, 9.17) is 0 Å². The third-order valence-corrected chi connectivity index (χ3v) is 13.7. The Morgan fingerprint density at radius 3 is 1.42 bits per heavy atom. The molecule has 0 saturated carbocycles. The van der Waals surface area contributed by atoms with E-state index >= 15 is 0 Å². The van der Waals surface area contributed by atoms with Gasteiger partial charge in [0.15, 0.2) is 0 Å². The lowest BCUT2D eigenvalue weighted by Crippen LogP contribution is -2.35. The summed E-state index contributed by atoms with van der Waals surface area (Å²) in [7, 11) is 6.96. The fraction of sp³-hybridized carbons (Fsp3) is 0. The number of para-hydroxylation sites is 1. The van der Waals surface area contributed by atoms with Crippen molar-refractivity contribution in [2.24, 2.45) is 0 Å². The van der Waals surface area contributed by atoms with E-state index in [0.29, 0.717) is 0 Å². The van der Waals surface area contributed by atoms with E-state index in [1.165, 1.54) is 121 Å². The molecule has 0 fully saturated rings. The van der Waals surface area contributed by atoms with Gasteiger partial charge in [0.25, 0.3) is 0 Å². The normalized spacial score (nSPS) is 11.6. The van der Waals surface area contributed by atoms with Crippen LogP contribution in [0.1, 0.15) is 0 Å². The van der Waals surface area contributed by atoms with Crippen LogP contribution in [0.2, 0.25) is 0 Å². The Morgan fingerprint density at radius 1 is 0.262 bits per heavy atom. The van der Waals surface area contributed by atoms with E-state index < -0.39 is 0 Å². The van der Waals surface area contributed by atoms with Crippen LogP contribution in [-0.2, 0) is 0 Å². The zero-order chi connectivity index (χ0) is 43.6. The maximum absolute atomic E-state index is 2.49. The first-order valence-corrected chi connectivity index (χ1v) is 22.6. The summed E-state index contributed by atoms with van der Waals surface area (Å²) in [6, 6.07) is 82.0. The van der Waals surface area contributed by atoms with Crippen LogP contribution < -0.4 is 16.4 Å². The largest absolute Gasteiger partial charge is 0.310 e. The van der Waals surface area contributed by atoms with Crippen LogP contribution in [0.15, 0.2) is 224 Å². The molecule has 2 nitrogen and oxygen atoms in total. The van der Waals surface area contributed by atoms with Crippen LogP contribution in [0.25, 0.3) is 111 Å². The van der Waals surface area contributed by atoms with Gasteiger partial charge in [-0.15, -0.1) is 0 Å². The number of nitrogens with zero attached hydrogens (tertiary/aromatic N) is 2. The number of fused-ring (bicyclic) bond motifs is 6. The predicted molar refractivity (Wildman–Crippen MR) is 287 cm³/mol. The molecule has 0 spiro atoms. The summed E-state index contributed by atoms with van der Waals surface area (Å²) in [5.74, 6) is 0. The Bertz CT molecular complexity index is 3760. The molecule has 12 aromatic rings. The molecule has 0 radical (unpaired) electrons. The first-order valence-electron chi connectivity index (χ1n) is 22.6. The second-order valence-corrected chi connectivity index (χ2v) is 17.4. The fourth-order valence-electron chi connectivity index (χ4n) is 10.5. The zero-order valence-corrected chi connectivity index (χ0v) is 36.8. The first-order chi connectivity index (χ1) is 32.0. The zero-order valence-electron chi connectivity index (χ0n) is 36.8. The van der Waals surface area contributed by atoms with E-state index in [-0.39, 0.29) is 0 Å². The molecule has 0 bridgehead atoms. The maximum atomic E-state index is 2.49. The third-order valence-electron chi connectivity index (χ3n) is 13.7. The molecule has 65 heavy (non-hydrogen) atoms. The van der Waals surface area contributed by atoms with Gasteiger partial charge in [-0.1, -0.05) is 192 Å². The van der Waals surface area contributed by atoms with Crippen molar-refractivity contribution in [1.29, 1.82) is 0 Å². The van der Waals surface area contributed by atoms with Crippen molar-refractivity contribution in [2.75, 3.05) is 0 Å². The molecule has 0 unspecified atom stereocenters. The van der Waals surface area contributed by atoms with Gasteiger partial charge in [-0.25, -0.2) is 0 Å². The van der Waals surface area contributed by atoms with E-state index in [1.54, 1.807) is 0 Å². The Morgan fingerprint density at radius 2 is 0.754 bits per heavy atom. The van der Waals surface area contributed by atoms with Crippen molar-refractivity contribution in [3.63, 3.8) is 0 Å². The van der Waals surface area contributed by atoms with Crippen LogP contribution >= 0.6 is 0 Å². The summed E-state index contributed by atoms with van der Waals surface area (Å²) in [6.45, 7) is 0. The lowest BCUT2D eigenvalue weighted by atomic mass is 9.69. The third kappa shape index (κ3) is 6.46. The molecule has 0 aliphatic heterocycles. The molecule has 2 heterocycles. The topological polar surface area (TPSA) is 9.86 Å². The van der Waals surface area contributed by atoms with Gasteiger partial charge >= 0.3 is 0 Å². The van der Waals surface area contributed by atoms with E-state index in [1.807, 2.05) is 0 Å². The van der Waals surface area contributed by atoms with Crippen molar-refractivity contribution in [3.8, 4) is 67.0 Å². The molecule has 0 saturated heterocycles. The number of aromatic nitrogens is 2. The van der Waals surface area contributed by atoms with Gasteiger partial charge in [0.1, 0.15) is 23.5 Å². The monoisotopic (exact) mass is 824 g/mol. The number of hydrogen-bond donors (Lipinski definition) is 0. The average Bonchev–Trinajstić information content (AvgIpc) is 3.90. The molecule has 302 valence electrons. The minimum Gasteiger partial charge on any atom is -0.310 e. The number of rotatable bonds is 7. The highest BCUT2D eigenvalue weighted by atomic mass is 15.0. The Labute approximate surface area is 382 Å². The van der Waals surface area contributed by atoms with Crippen LogP contribution in [0.3, 0.4) is 0 Å². The summed E-state index contributed by atoms with van der Waals surface area (Å²) in [5.41, 5.74) is 23.3. The van der Waals surface area contributed by atoms with Gasteiger partial charge in [0.2, 0.25) is 0 Å². The van der Waals surface area contributed by atoms with Crippen molar-refractivity contribution >= 4 is 83.5 Å². The van der Waals surface area contributed by atoms with Crippen LogP contribution in [0.5, 0.6) is 0 Å². The highest BCUT2D eigenvalue weighted by molar-refractivity contribution is 6.60. The van der Waals surface area contributed by atoms with Crippen molar-refractivity contribution in [2.45, 2.75) is 0 Å². The van der Waals surface area contributed by atoms with Gasteiger partial charge in [-0.05, 0) is 104 Å². The van der Waals surface area contributed by atoms with Crippen LogP contribution in [0, 0.1) is 0 Å². The Hall–Kier alpha value is -8.01. The summed E-state index contributed by atoms with van der Waals surface area (Å²) in [4.78, 5) is 0. The quantitative estimate of drug-likeness (QED) is 0.142.